The van der Waals surface area contributed by atoms with E-state index < -0.39 is 5.91 Å². The largest absolute Gasteiger partial charge is 0.487 e. The molecule has 0 unspecified atom stereocenters. The first-order valence-electron chi connectivity index (χ1n) is 5.14. The second-order valence-electron chi connectivity index (χ2n) is 3.45. The van der Waals surface area contributed by atoms with Gasteiger partial charge in [0.2, 0.25) is 0 Å². The van der Waals surface area contributed by atoms with Gasteiger partial charge in [0.1, 0.15) is 24.0 Å². The number of carbonyl (C=O) groups is 1. The van der Waals surface area contributed by atoms with Crippen LogP contribution in [-0.2, 0) is 4.79 Å². The fourth-order valence-electron chi connectivity index (χ4n) is 1.27. The molecule has 6 heteroatoms. The van der Waals surface area contributed by atoms with E-state index in [1.807, 2.05) is 12.1 Å². The summed E-state index contributed by atoms with van der Waals surface area (Å²) >= 11 is 4.27. The highest BCUT2D eigenvalue weighted by Crippen LogP contribution is 2.29. The number of halogens is 2. The number of nitriles is 1. The monoisotopic (exact) mass is 480 g/mol. The van der Waals surface area contributed by atoms with Crippen molar-refractivity contribution in [3.63, 3.8) is 0 Å². The SMILES string of the molecule is C=CCOc1c(I)cc(/C=C(\C#N)C(N)=O)cc1I. The molecule has 2 N–H and O–H groups in total. The van der Waals surface area contributed by atoms with Crippen LogP contribution in [0, 0.1) is 18.5 Å². The van der Waals surface area contributed by atoms with E-state index in [2.05, 4.69) is 51.8 Å². The van der Waals surface area contributed by atoms with Crippen LogP contribution in [0.2, 0.25) is 0 Å². The minimum atomic E-state index is -0.737. The molecule has 1 rings (SSSR count). The quantitative estimate of drug-likeness (QED) is 0.305. The summed E-state index contributed by atoms with van der Waals surface area (Å²) in [5.74, 6) is 0.0235. The molecular weight excluding hydrogens is 470 g/mol. The smallest absolute Gasteiger partial charge is 0.259 e. The number of ether oxygens (including phenoxy) is 1. The average Bonchev–Trinajstić information content (AvgIpc) is 2.34. The van der Waals surface area contributed by atoms with Gasteiger partial charge < -0.3 is 10.5 Å². The van der Waals surface area contributed by atoms with Crippen molar-refractivity contribution < 1.29 is 9.53 Å². The lowest BCUT2D eigenvalue weighted by molar-refractivity contribution is -0.114. The fourth-order valence-corrected chi connectivity index (χ4v) is 3.40. The lowest BCUT2D eigenvalue weighted by Gasteiger charge is -2.09. The molecule has 0 spiro atoms. The zero-order chi connectivity index (χ0) is 14.4. The maximum Gasteiger partial charge on any atom is 0.259 e. The summed E-state index contributed by atoms with van der Waals surface area (Å²) in [7, 11) is 0. The highest BCUT2D eigenvalue weighted by atomic mass is 127. The van der Waals surface area contributed by atoms with Gasteiger partial charge in [-0.1, -0.05) is 12.7 Å². The maximum atomic E-state index is 11.0. The van der Waals surface area contributed by atoms with Crippen molar-refractivity contribution in [1.82, 2.24) is 0 Å². The minimum Gasteiger partial charge on any atom is -0.487 e. The van der Waals surface area contributed by atoms with E-state index in [0.29, 0.717) is 6.61 Å². The summed E-state index contributed by atoms with van der Waals surface area (Å²) in [4.78, 5) is 11.0. The molecule has 98 valence electrons. The maximum absolute atomic E-state index is 11.0. The fraction of sp³-hybridized carbons (Fsp3) is 0.0769. The van der Waals surface area contributed by atoms with Gasteiger partial charge >= 0.3 is 0 Å². The normalized spacial score (nSPS) is 10.7. The Labute approximate surface area is 138 Å². The molecular formula is C13H10I2N2O2. The molecule has 1 amide bonds. The van der Waals surface area contributed by atoms with Crippen molar-refractivity contribution in [2.24, 2.45) is 5.73 Å². The molecule has 19 heavy (non-hydrogen) atoms. The van der Waals surface area contributed by atoms with Gasteiger partial charge in [0.25, 0.3) is 5.91 Å². The molecule has 0 aliphatic heterocycles. The van der Waals surface area contributed by atoms with Crippen LogP contribution >= 0.6 is 45.2 Å². The molecule has 0 saturated heterocycles. The predicted molar refractivity (Wildman–Crippen MR) is 90.4 cm³/mol. The van der Waals surface area contributed by atoms with Gasteiger partial charge in [-0.05, 0) is 69.0 Å². The molecule has 0 fully saturated rings. The molecule has 0 aliphatic rings. The van der Waals surface area contributed by atoms with Gasteiger partial charge in [-0.3, -0.25) is 4.79 Å². The van der Waals surface area contributed by atoms with E-state index in [-0.39, 0.29) is 5.57 Å². The molecule has 0 bridgehead atoms. The lowest BCUT2D eigenvalue weighted by Crippen LogP contribution is -2.12. The van der Waals surface area contributed by atoms with Gasteiger partial charge in [0, 0.05) is 0 Å². The van der Waals surface area contributed by atoms with Crippen LogP contribution in [0.1, 0.15) is 5.56 Å². The summed E-state index contributed by atoms with van der Waals surface area (Å²) in [6.45, 7) is 4.02. The van der Waals surface area contributed by atoms with Crippen molar-refractivity contribution in [1.29, 1.82) is 5.26 Å². The number of carbonyl (C=O) groups excluding carboxylic acids is 1. The molecule has 0 saturated carbocycles. The molecule has 1 aromatic rings. The van der Waals surface area contributed by atoms with Crippen LogP contribution in [0.25, 0.3) is 6.08 Å². The predicted octanol–water partition coefficient (Wildman–Crippen LogP) is 2.85. The average molecular weight is 480 g/mol. The first-order chi connectivity index (χ1) is 8.99. The van der Waals surface area contributed by atoms with Gasteiger partial charge in [-0.2, -0.15) is 5.26 Å². The second-order valence-corrected chi connectivity index (χ2v) is 5.77. The third-order valence-electron chi connectivity index (χ3n) is 2.06. The number of benzene rings is 1. The Hall–Kier alpha value is -1.08. The Balaban J connectivity index is 3.18. The van der Waals surface area contributed by atoms with Crippen LogP contribution in [0.15, 0.2) is 30.4 Å². The van der Waals surface area contributed by atoms with Crippen LogP contribution < -0.4 is 10.5 Å². The van der Waals surface area contributed by atoms with Crippen LogP contribution in [0.3, 0.4) is 0 Å². The number of hydrogen-bond donors (Lipinski definition) is 1. The number of hydrogen-bond acceptors (Lipinski definition) is 3. The highest BCUT2D eigenvalue weighted by molar-refractivity contribution is 14.1. The first-order valence-corrected chi connectivity index (χ1v) is 7.29. The Kier molecular flexibility index (Phi) is 6.30. The molecule has 0 heterocycles. The van der Waals surface area contributed by atoms with E-state index in [4.69, 9.17) is 15.7 Å². The summed E-state index contributed by atoms with van der Waals surface area (Å²) in [5, 5.41) is 8.81. The number of primary amides is 1. The van der Waals surface area contributed by atoms with Gasteiger partial charge in [-0.25, -0.2) is 0 Å². The summed E-state index contributed by atoms with van der Waals surface area (Å²) in [6, 6.07) is 5.42. The third kappa shape index (κ3) is 4.50. The Bertz CT molecular complexity index is 566. The standard InChI is InChI=1S/C13H10I2N2O2/c1-2-3-19-12-10(14)5-8(6-11(12)15)4-9(7-16)13(17)18/h2,4-6H,1,3H2,(H2,17,18)/b9-4+. The zero-order valence-corrected chi connectivity index (χ0v) is 14.1. The number of nitrogens with zero attached hydrogens (tertiary/aromatic N) is 1. The molecule has 0 atom stereocenters. The van der Waals surface area contributed by atoms with Crippen LogP contribution in [0.5, 0.6) is 5.75 Å². The van der Waals surface area contributed by atoms with Gasteiger partial charge in [-0.15, -0.1) is 0 Å². The molecule has 0 aliphatic carbocycles. The zero-order valence-electron chi connectivity index (χ0n) is 9.82. The van der Waals surface area contributed by atoms with E-state index in [1.165, 1.54) is 6.08 Å². The Morgan fingerprint density at radius 2 is 2.05 bits per heavy atom. The molecule has 0 radical (unpaired) electrons. The number of rotatable bonds is 5. The van der Waals surface area contributed by atoms with Crippen LogP contribution in [0.4, 0.5) is 0 Å². The summed E-state index contributed by atoms with van der Waals surface area (Å²) < 4.78 is 7.32. The number of nitrogens with two attached hydrogens (primary N) is 1. The second kappa shape index (κ2) is 7.49. The molecule has 4 nitrogen and oxygen atoms in total. The number of amides is 1. The topological polar surface area (TPSA) is 76.1 Å². The van der Waals surface area contributed by atoms with Crippen LogP contribution in [-0.4, -0.2) is 12.5 Å². The highest BCUT2D eigenvalue weighted by Gasteiger charge is 2.09. The first kappa shape index (κ1) is 16.0. The van der Waals surface area contributed by atoms with Crippen molar-refractivity contribution in [2.45, 2.75) is 0 Å². The van der Waals surface area contributed by atoms with Crippen molar-refractivity contribution >= 4 is 57.2 Å². The van der Waals surface area contributed by atoms with E-state index in [0.717, 1.165) is 18.5 Å². The third-order valence-corrected chi connectivity index (χ3v) is 3.67. The van der Waals surface area contributed by atoms with Crippen molar-refractivity contribution in [3.05, 3.63) is 43.1 Å². The van der Waals surface area contributed by atoms with Gasteiger partial charge in [0.15, 0.2) is 0 Å². The van der Waals surface area contributed by atoms with Gasteiger partial charge in [0.05, 0.1) is 7.14 Å². The molecule has 0 aromatic heterocycles. The van der Waals surface area contributed by atoms with E-state index in [1.54, 1.807) is 12.1 Å². The lowest BCUT2D eigenvalue weighted by atomic mass is 10.1. The minimum absolute atomic E-state index is 0.0774. The molecule has 1 aromatic carbocycles. The summed E-state index contributed by atoms with van der Waals surface area (Å²) in [6.07, 6.45) is 3.13. The van der Waals surface area contributed by atoms with E-state index >= 15 is 0 Å². The Morgan fingerprint density at radius 1 is 1.47 bits per heavy atom. The van der Waals surface area contributed by atoms with E-state index in [9.17, 15) is 4.79 Å². The summed E-state index contributed by atoms with van der Waals surface area (Å²) in [5.41, 5.74) is 5.75. The Morgan fingerprint density at radius 3 is 2.47 bits per heavy atom. The van der Waals surface area contributed by atoms with Crippen molar-refractivity contribution in [3.8, 4) is 11.8 Å². The van der Waals surface area contributed by atoms with Crippen molar-refractivity contribution in [2.75, 3.05) is 6.61 Å².